The summed E-state index contributed by atoms with van der Waals surface area (Å²) in [4.78, 5) is 28.2. The standard InChI is InChI=1S/C18H22N6O3/c25-16(12-24-14-19-20-21-24)22-10-7-18(8-11-22)13-23(17(26)27-18)9-6-15-4-2-1-3-5-15/h1-5,14H,6-13H2. The summed E-state index contributed by atoms with van der Waals surface area (Å²) in [5.41, 5.74) is 0.730. The fourth-order valence-electron chi connectivity index (χ4n) is 3.69. The van der Waals surface area contributed by atoms with Gasteiger partial charge >= 0.3 is 6.09 Å². The van der Waals surface area contributed by atoms with Crippen molar-refractivity contribution < 1.29 is 14.3 Å². The Balaban J connectivity index is 1.29. The summed E-state index contributed by atoms with van der Waals surface area (Å²) in [6, 6.07) is 10.1. The second-order valence-electron chi connectivity index (χ2n) is 7.10. The Morgan fingerprint density at radius 3 is 2.67 bits per heavy atom. The highest BCUT2D eigenvalue weighted by Crippen LogP contribution is 2.33. The van der Waals surface area contributed by atoms with Crippen LogP contribution in [-0.2, 0) is 22.5 Å². The van der Waals surface area contributed by atoms with E-state index in [-0.39, 0.29) is 18.5 Å². The second-order valence-corrected chi connectivity index (χ2v) is 7.10. The third-order valence-electron chi connectivity index (χ3n) is 5.27. The number of tetrazole rings is 1. The lowest BCUT2D eigenvalue weighted by molar-refractivity contribution is -0.135. The Morgan fingerprint density at radius 2 is 1.96 bits per heavy atom. The molecular formula is C18H22N6O3. The molecule has 0 unspecified atom stereocenters. The van der Waals surface area contributed by atoms with Crippen LogP contribution in [0.3, 0.4) is 0 Å². The molecule has 2 aliphatic rings. The number of aromatic nitrogens is 4. The maximum Gasteiger partial charge on any atom is 0.410 e. The number of nitrogens with zero attached hydrogens (tertiary/aromatic N) is 6. The van der Waals surface area contributed by atoms with E-state index in [0.29, 0.717) is 39.0 Å². The maximum absolute atomic E-state index is 12.3. The van der Waals surface area contributed by atoms with Gasteiger partial charge in [-0.25, -0.2) is 9.48 Å². The van der Waals surface area contributed by atoms with Crippen molar-refractivity contribution in [2.75, 3.05) is 26.2 Å². The van der Waals surface area contributed by atoms with Crippen LogP contribution in [-0.4, -0.2) is 73.8 Å². The molecule has 9 heteroatoms. The lowest BCUT2D eigenvalue weighted by Crippen LogP contribution is -2.49. The van der Waals surface area contributed by atoms with Crippen LogP contribution in [0.15, 0.2) is 36.7 Å². The number of carbonyl (C=O) groups is 2. The van der Waals surface area contributed by atoms with Crippen LogP contribution in [0.25, 0.3) is 0 Å². The predicted molar refractivity (Wildman–Crippen MR) is 94.6 cm³/mol. The van der Waals surface area contributed by atoms with Gasteiger partial charge in [0.05, 0.1) is 6.54 Å². The number of benzene rings is 1. The molecule has 0 radical (unpaired) electrons. The molecule has 2 saturated heterocycles. The third kappa shape index (κ3) is 3.91. The molecule has 2 aromatic rings. The van der Waals surface area contributed by atoms with Crippen LogP contribution in [0.5, 0.6) is 0 Å². The quantitative estimate of drug-likeness (QED) is 0.770. The highest BCUT2D eigenvalue weighted by atomic mass is 16.6. The number of likely N-dealkylation sites (tertiary alicyclic amines) is 1. The lowest BCUT2D eigenvalue weighted by Gasteiger charge is -2.37. The first-order chi connectivity index (χ1) is 13.1. The Bertz CT molecular complexity index is 787. The van der Waals surface area contributed by atoms with Crippen molar-refractivity contribution in [2.45, 2.75) is 31.4 Å². The minimum absolute atomic E-state index is 0.0255. The van der Waals surface area contributed by atoms with E-state index in [1.165, 1.54) is 16.6 Å². The normalized spacial score (nSPS) is 18.7. The molecule has 0 aliphatic carbocycles. The number of ether oxygens (including phenoxy) is 1. The van der Waals surface area contributed by atoms with Crippen molar-refractivity contribution in [1.82, 2.24) is 30.0 Å². The molecule has 0 saturated carbocycles. The van der Waals surface area contributed by atoms with Gasteiger partial charge in [-0.3, -0.25) is 4.79 Å². The molecule has 142 valence electrons. The van der Waals surface area contributed by atoms with Crippen molar-refractivity contribution in [3.8, 4) is 0 Å². The Hall–Kier alpha value is -2.97. The molecule has 0 bridgehead atoms. The lowest BCUT2D eigenvalue weighted by atomic mass is 9.91. The van der Waals surface area contributed by atoms with Crippen LogP contribution in [0.2, 0.25) is 0 Å². The van der Waals surface area contributed by atoms with Gasteiger partial charge in [0.1, 0.15) is 18.5 Å². The van der Waals surface area contributed by atoms with Gasteiger partial charge < -0.3 is 14.5 Å². The van der Waals surface area contributed by atoms with E-state index in [2.05, 4.69) is 27.7 Å². The van der Waals surface area contributed by atoms with Gasteiger partial charge in [0.2, 0.25) is 5.91 Å². The molecule has 1 spiro atoms. The first-order valence-corrected chi connectivity index (χ1v) is 9.14. The van der Waals surface area contributed by atoms with Crippen LogP contribution in [0.4, 0.5) is 4.79 Å². The molecule has 0 N–H and O–H groups in total. The van der Waals surface area contributed by atoms with E-state index in [0.717, 1.165) is 6.42 Å². The smallest absolute Gasteiger partial charge is 0.410 e. The van der Waals surface area contributed by atoms with Crippen LogP contribution >= 0.6 is 0 Å². The van der Waals surface area contributed by atoms with Crippen molar-refractivity contribution in [3.63, 3.8) is 0 Å². The van der Waals surface area contributed by atoms with Gasteiger partial charge in [-0.2, -0.15) is 0 Å². The van der Waals surface area contributed by atoms with E-state index in [4.69, 9.17) is 4.74 Å². The number of hydrogen-bond acceptors (Lipinski definition) is 6. The maximum atomic E-state index is 12.3. The molecule has 9 nitrogen and oxygen atoms in total. The molecule has 1 aromatic heterocycles. The molecule has 0 atom stereocenters. The number of carbonyl (C=O) groups excluding carboxylic acids is 2. The topological polar surface area (TPSA) is 93.5 Å². The highest BCUT2D eigenvalue weighted by molar-refractivity contribution is 5.76. The average Bonchev–Trinajstić information content (AvgIpc) is 3.29. The van der Waals surface area contributed by atoms with Gasteiger partial charge in [0.15, 0.2) is 0 Å². The summed E-state index contributed by atoms with van der Waals surface area (Å²) < 4.78 is 7.15. The van der Waals surface area contributed by atoms with E-state index in [1.807, 2.05) is 18.2 Å². The van der Waals surface area contributed by atoms with Gasteiger partial charge in [-0.1, -0.05) is 30.3 Å². The molecule has 2 aliphatic heterocycles. The minimum atomic E-state index is -0.473. The minimum Gasteiger partial charge on any atom is -0.441 e. The second kappa shape index (κ2) is 7.34. The van der Waals surface area contributed by atoms with Gasteiger partial charge in [0.25, 0.3) is 0 Å². The van der Waals surface area contributed by atoms with E-state index < -0.39 is 5.60 Å². The SMILES string of the molecule is O=C(Cn1cnnn1)N1CCC2(CC1)CN(CCc1ccccc1)C(=O)O2. The van der Waals surface area contributed by atoms with E-state index in [9.17, 15) is 9.59 Å². The molecule has 4 rings (SSSR count). The third-order valence-corrected chi connectivity index (χ3v) is 5.27. The van der Waals surface area contributed by atoms with Crippen molar-refractivity contribution in [3.05, 3.63) is 42.2 Å². The highest BCUT2D eigenvalue weighted by Gasteiger charge is 2.47. The van der Waals surface area contributed by atoms with E-state index >= 15 is 0 Å². The number of hydrogen-bond donors (Lipinski definition) is 0. The van der Waals surface area contributed by atoms with Crippen LogP contribution in [0.1, 0.15) is 18.4 Å². The Kier molecular flexibility index (Phi) is 4.74. The zero-order chi connectivity index (χ0) is 18.7. The van der Waals surface area contributed by atoms with Crippen LogP contribution in [0, 0.1) is 0 Å². The fraction of sp³-hybridized carbons (Fsp3) is 0.500. The summed E-state index contributed by atoms with van der Waals surface area (Å²) >= 11 is 0. The average molecular weight is 370 g/mol. The molecule has 3 heterocycles. The van der Waals surface area contributed by atoms with Crippen molar-refractivity contribution >= 4 is 12.0 Å². The zero-order valence-corrected chi connectivity index (χ0v) is 15.0. The monoisotopic (exact) mass is 370 g/mol. The molecule has 2 fully saturated rings. The van der Waals surface area contributed by atoms with Gasteiger partial charge in [-0.05, 0) is 22.4 Å². The van der Waals surface area contributed by atoms with Crippen LogP contribution < -0.4 is 0 Å². The first-order valence-electron chi connectivity index (χ1n) is 9.14. The first kappa shape index (κ1) is 17.4. The predicted octanol–water partition coefficient (Wildman–Crippen LogP) is 0.729. The van der Waals surface area contributed by atoms with Gasteiger partial charge in [0, 0.05) is 32.5 Å². The number of amides is 2. The molecule has 1 aromatic carbocycles. The van der Waals surface area contributed by atoms with Crippen molar-refractivity contribution in [2.24, 2.45) is 0 Å². The summed E-state index contributed by atoms with van der Waals surface area (Å²) in [6.45, 7) is 2.50. The summed E-state index contributed by atoms with van der Waals surface area (Å²) in [5, 5.41) is 10.8. The summed E-state index contributed by atoms with van der Waals surface area (Å²) in [6.07, 6.45) is 3.29. The Labute approximate surface area is 156 Å². The number of piperidine rings is 1. The zero-order valence-electron chi connectivity index (χ0n) is 15.0. The Morgan fingerprint density at radius 1 is 1.19 bits per heavy atom. The molecular weight excluding hydrogens is 348 g/mol. The summed E-state index contributed by atoms with van der Waals surface area (Å²) in [7, 11) is 0. The summed E-state index contributed by atoms with van der Waals surface area (Å²) in [5.74, 6) is -0.0255. The molecule has 27 heavy (non-hydrogen) atoms. The fourth-order valence-corrected chi connectivity index (χ4v) is 3.69. The van der Waals surface area contributed by atoms with Crippen molar-refractivity contribution in [1.29, 1.82) is 0 Å². The molecule has 2 amide bonds. The largest absolute Gasteiger partial charge is 0.441 e. The van der Waals surface area contributed by atoms with E-state index in [1.54, 1.807) is 9.80 Å². The number of rotatable bonds is 5. The van der Waals surface area contributed by atoms with Gasteiger partial charge in [-0.15, -0.1) is 5.10 Å².